The van der Waals surface area contributed by atoms with Gasteiger partial charge in [0.1, 0.15) is 0 Å². The Kier molecular flexibility index (Phi) is 5.89. The van der Waals surface area contributed by atoms with E-state index < -0.39 is 0 Å². The highest BCUT2D eigenvalue weighted by atomic mass is 16.2. The summed E-state index contributed by atoms with van der Waals surface area (Å²) >= 11 is 0. The molecule has 1 saturated heterocycles. The van der Waals surface area contributed by atoms with Gasteiger partial charge in [-0.05, 0) is 43.7 Å². The van der Waals surface area contributed by atoms with Gasteiger partial charge in [0.05, 0.1) is 0 Å². The van der Waals surface area contributed by atoms with Crippen LogP contribution in [-0.4, -0.2) is 29.8 Å². The van der Waals surface area contributed by atoms with Gasteiger partial charge in [0.25, 0.3) is 0 Å². The first kappa shape index (κ1) is 17.0. The summed E-state index contributed by atoms with van der Waals surface area (Å²) in [5, 5.41) is 2.98. The Labute approximate surface area is 144 Å². The highest BCUT2D eigenvalue weighted by Gasteiger charge is 2.28. The molecular formula is C20H28N2O2. The van der Waals surface area contributed by atoms with Gasteiger partial charge in [0, 0.05) is 31.1 Å². The molecule has 1 aromatic rings. The summed E-state index contributed by atoms with van der Waals surface area (Å²) < 4.78 is 0. The first-order valence-electron chi connectivity index (χ1n) is 9.36. The zero-order valence-corrected chi connectivity index (χ0v) is 14.4. The Morgan fingerprint density at radius 1 is 0.958 bits per heavy atom. The average Bonchev–Trinajstić information content (AvgIpc) is 2.63. The number of anilines is 1. The number of carbonyl (C=O) groups is 2. The van der Waals surface area contributed by atoms with Crippen LogP contribution in [0.4, 0.5) is 5.69 Å². The van der Waals surface area contributed by atoms with Crippen molar-refractivity contribution in [2.75, 3.05) is 18.4 Å². The Morgan fingerprint density at radius 3 is 2.29 bits per heavy atom. The first-order valence-corrected chi connectivity index (χ1v) is 9.36. The number of benzene rings is 1. The van der Waals surface area contributed by atoms with Gasteiger partial charge in [-0.2, -0.15) is 0 Å². The number of likely N-dealkylation sites (tertiary alicyclic amines) is 1. The lowest BCUT2D eigenvalue weighted by atomic mass is 9.86. The zero-order valence-electron chi connectivity index (χ0n) is 14.4. The van der Waals surface area contributed by atoms with E-state index in [4.69, 9.17) is 0 Å². The van der Waals surface area contributed by atoms with Crippen molar-refractivity contribution in [1.29, 1.82) is 0 Å². The van der Waals surface area contributed by atoms with E-state index in [2.05, 4.69) is 5.32 Å². The van der Waals surface area contributed by atoms with Crippen LogP contribution in [0.5, 0.6) is 0 Å². The molecule has 1 N–H and O–H groups in total. The molecular weight excluding hydrogens is 300 g/mol. The largest absolute Gasteiger partial charge is 0.343 e. The summed E-state index contributed by atoms with van der Waals surface area (Å²) in [6.07, 6.45) is 8.56. The van der Waals surface area contributed by atoms with Gasteiger partial charge in [-0.25, -0.2) is 0 Å². The minimum absolute atomic E-state index is 0.0175. The van der Waals surface area contributed by atoms with E-state index in [0.717, 1.165) is 31.6 Å². The third-order valence-corrected chi connectivity index (χ3v) is 5.45. The van der Waals surface area contributed by atoms with Gasteiger partial charge < -0.3 is 10.2 Å². The van der Waals surface area contributed by atoms with E-state index >= 15 is 0 Å². The molecule has 3 rings (SSSR count). The van der Waals surface area contributed by atoms with Crippen LogP contribution in [0.1, 0.15) is 51.4 Å². The number of para-hydroxylation sites is 1. The van der Waals surface area contributed by atoms with Crippen LogP contribution in [0.2, 0.25) is 0 Å². The molecule has 0 unspecified atom stereocenters. The van der Waals surface area contributed by atoms with E-state index in [1.807, 2.05) is 35.2 Å². The first-order chi connectivity index (χ1) is 11.7. The van der Waals surface area contributed by atoms with Gasteiger partial charge in [0.2, 0.25) is 11.8 Å². The number of nitrogens with one attached hydrogen (secondary N) is 1. The van der Waals surface area contributed by atoms with E-state index in [-0.39, 0.29) is 11.8 Å². The van der Waals surface area contributed by atoms with E-state index in [0.29, 0.717) is 18.2 Å². The lowest BCUT2D eigenvalue weighted by Gasteiger charge is -2.33. The molecule has 2 aliphatic rings. The van der Waals surface area contributed by atoms with Crippen LogP contribution >= 0.6 is 0 Å². The van der Waals surface area contributed by atoms with Crippen LogP contribution < -0.4 is 5.32 Å². The molecule has 24 heavy (non-hydrogen) atoms. The lowest BCUT2D eigenvalue weighted by molar-refractivity contribution is -0.135. The van der Waals surface area contributed by atoms with Gasteiger partial charge in [0.15, 0.2) is 0 Å². The van der Waals surface area contributed by atoms with E-state index in [1.54, 1.807) is 0 Å². The lowest BCUT2D eigenvalue weighted by Crippen LogP contribution is -2.42. The number of piperidine rings is 1. The van der Waals surface area contributed by atoms with Crippen molar-refractivity contribution >= 4 is 17.5 Å². The van der Waals surface area contributed by atoms with Crippen LogP contribution in [-0.2, 0) is 9.59 Å². The topological polar surface area (TPSA) is 49.4 Å². The summed E-state index contributed by atoms with van der Waals surface area (Å²) in [5.41, 5.74) is 0.846. The normalized spacial score (nSPS) is 19.9. The van der Waals surface area contributed by atoms with Crippen molar-refractivity contribution in [1.82, 2.24) is 4.90 Å². The Balaban J connectivity index is 1.43. The van der Waals surface area contributed by atoms with Crippen LogP contribution in [0.25, 0.3) is 0 Å². The second kappa shape index (κ2) is 8.32. The maximum Gasteiger partial charge on any atom is 0.227 e. The molecule has 2 amide bonds. The Bertz CT molecular complexity index is 544. The number of carbonyl (C=O) groups excluding carboxylic acids is 2. The number of hydrogen-bond donors (Lipinski definition) is 1. The Hall–Kier alpha value is -1.84. The fraction of sp³-hybridized carbons (Fsp3) is 0.600. The van der Waals surface area contributed by atoms with Crippen molar-refractivity contribution in [2.45, 2.75) is 51.4 Å². The predicted molar refractivity (Wildman–Crippen MR) is 95.6 cm³/mol. The van der Waals surface area contributed by atoms with Crippen LogP contribution in [0, 0.1) is 11.8 Å². The molecule has 1 heterocycles. The number of amides is 2. The molecule has 1 aromatic carbocycles. The number of hydrogen-bond acceptors (Lipinski definition) is 2. The molecule has 0 spiro atoms. The molecule has 1 aliphatic heterocycles. The maximum absolute atomic E-state index is 12.5. The molecule has 2 fully saturated rings. The molecule has 4 heteroatoms. The summed E-state index contributed by atoms with van der Waals surface area (Å²) in [6, 6.07) is 9.58. The third kappa shape index (κ3) is 4.59. The standard InChI is InChI=1S/C20H28N2O2/c23-19(15-16-7-3-1-4-8-16)22-13-11-17(12-14-22)20(24)21-18-9-5-2-6-10-18/h2,5-6,9-10,16-17H,1,3-4,7-8,11-15H2,(H,21,24). The predicted octanol–water partition coefficient (Wildman–Crippen LogP) is 3.83. The molecule has 0 aromatic heterocycles. The van der Waals surface area contributed by atoms with Crippen molar-refractivity contribution in [3.8, 4) is 0 Å². The molecule has 1 saturated carbocycles. The molecule has 4 nitrogen and oxygen atoms in total. The molecule has 0 radical (unpaired) electrons. The zero-order chi connectivity index (χ0) is 16.8. The highest BCUT2D eigenvalue weighted by molar-refractivity contribution is 5.92. The van der Waals surface area contributed by atoms with Crippen molar-refractivity contribution in [2.24, 2.45) is 11.8 Å². The Morgan fingerprint density at radius 2 is 1.62 bits per heavy atom. The smallest absolute Gasteiger partial charge is 0.227 e. The van der Waals surface area contributed by atoms with Crippen molar-refractivity contribution < 1.29 is 9.59 Å². The monoisotopic (exact) mass is 328 g/mol. The summed E-state index contributed by atoms with van der Waals surface area (Å²) in [6.45, 7) is 1.44. The summed E-state index contributed by atoms with van der Waals surface area (Å²) in [4.78, 5) is 26.8. The quantitative estimate of drug-likeness (QED) is 0.913. The van der Waals surface area contributed by atoms with Gasteiger partial charge >= 0.3 is 0 Å². The second-order valence-corrected chi connectivity index (χ2v) is 7.22. The average molecular weight is 328 g/mol. The second-order valence-electron chi connectivity index (χ2n) is 7.22. The molecule has 0 bridgehead atoms. The van der Waals surface area contributed by atoms with Gasteiger partial charge in [-0.1, -0.05) is 37.5 Å². The fourth-order valence-corrected chi connectivity index (χ4v) is 3.92. The van der Waals surface area contributed by atoms with Crippen molar-refractivity contribution in [3.05, 3.63) is 30.3 Å². The van der Waals surface area contributed by atoms with Gasteiger partial charge in [-0.3, -0.25) is 9.59 Å². The number of nitrogens with zero attached hydrogens (tertiary/aromatic N) is 1. The fourth-order valence-electron chi connectivity index (χ4n) is 3.92. The van der Waals surface area contributed by atoms with Crippen molar-refractivity contribution in [3.63, 3.8) is 0 Å². The minimum Gasteiger partial charge on any atom is -0.343 e. The SMILES string of the molecule is O=C(Nc1ccccc1)C1CCN(C(=O)CC2CCCCC2)CC1. The summed E-state index contributed by atoms with van der Waals surface area (Å²) in [5.74, 6) is 0.985. The van der Waals surface area contributed by atoms with E-state index in [9.17, 15) is 9.59 Å². The molecule has 130 valence electrons. The summed E-state index contributed by atoms with van der Waals surface area (Å²) in [7, 11) is 0. The van der Waals surface area contributed by atoms with Crippen LogP contribution in [0.3, 0.4) is 0 Å². The number of rotatable bonds is 4. The van der Waals surface area contributed by atoms with E-state index in [1.165, 1.54) is 32.1 Å². The molecule has 0 atom stereocenters. The minimum atomic E-state index is 0.0175. The van der Waals surface area contributed by atoms with Crippen LogP contribution in [0.15, 0.2) is 30.3 Å². The maximum atomic E-state index is 12.5. The highest BCUT2D eigenvalue weighted by Crippen LogP contribution is 2.28. The van der Waals surface area contributed by atoms with Gasteiger partial charge in [-0.15, -0.1) is 0 Å². The third-order valence-electron chi connectivity index (χ3n) is 5.45. The molecule has 1 aliphatic carbocycles.